The van der Waals surface area contributed by atoms with Gasteiger partial charge < -0.3 is 0 Å². The van der Waals surface area contributed by atoms with Crippen LogP contribution in [0.4, 0.5) is 0 Å². The molecule has 2 heterocycles. The molecular formula is C15H9IrN2S-. The number of nitrogens with zero attached hydrogens (tertiary/aromatic N) is 2. The summed E-state index contributed by atoms with van der Waals surface area (Å²) in [5.74, 6) is 0. The Kier molecular flexibility index (Phi) is 3.23. The molecule has 0 atom stereocenters. The number of rotatable bonds is 1. The van der Waals surface area contributed by atoms with Crippen molar-refractivity contribution in [2.24, 2.45) is 0 Å². The summed E-state index contributed by atoms with van der Waals surface area (Å²) in [6.07, 6.45) is 3.75. The van der Waals surface area contributed by atoms with E-state index in [4.69, 9.17) is 0 Å². The molecule has 0 amide bonds. The Hall–Kier alpha value is -1.48. The number of fused-ring (bicyclic) bond motifs is 3. The Balaban J connectivity index is 0.00000110. The zero-order chi connectivity index (χ0) is 11.9. The second kappa shape index (κ2) is 4.89. The van der Waals surface area contributed by atoms with Gasteiger partial charge in [0.25, 0.3) is 0 Å². The maximum Gasteiger partial charge on any atom is 0.0493 e. The van der Waals surface area contributed by atoms with E-state index in [1.807, 2.05) is 34.3 Å². The summed E-state index contributed by atoms with van der Waals surface area (Å²) in [6.45, 7) is 0. The molecule has 2 nitrogen and oxygen atoms in total. The maximum absolute atomic E-state index is 4.31. The Bertz CT molecular complexity index is 834. The van der Waals surface area contributed by atoms with Crippen molar-refractivity contribution in [1.82, 2.24) is 9.78 Å². The van der Waals surface area contributed by atoms with Gasteiger partial charge in [-0.05, 0) is 17.8 Å². The first kappa shape index (κ1) is 12.5. The van der Waals surface area contributed by atoms with E-state index in [1.54, 1.807) is 6.20 Å². The maximum atomic E-state index is 4.31. The van der Waals surface area contributed by atoms with Gasteiger partial charge in [-0.3, -0.25) is 4.68 Å². The van der Waals surface area contributed by atoms with Crippen LogP contribution in [0.15, 0.2) is 54.9 Å². The fourth-order valence-electron chi connectivity index (χ4n) is 2.28. The molecule has 0 fully saturated rings. The Labute approximate surface area is 128 Å². The largest absolute Gasteiger partial charge is 0.265 e. The van der Waals surface area contributed by atoms with Crippen molar-refractivity contribution in [2.75, 3.05) is 0 Å². The van der Waals surface area contributed by atoms with Gasteiger partial charge in [-0.25, -0.2) is 0 Å². The first-order chi connectivity index (χ1) is 8.93. The van der Waals surface area contributed by atoms with Crippen LogP contribution in [0, 0.1) is 6.07 Å². The van der Waals surface area contributed by atoms with Gasteiger partial charge in [0.2, 0.25) is 0 Å². The average Bonchev–Trinajstić information content (AvgIpc) is 3.05. The summed E-state index contributed by atoms with van der Waals surface area (Å²) in [5, 5.41) is 6.83. The standard InChI is InChI=1S/C15H9N2S.Ir/c1-2-7-13-11(5-1)15-12(17-10-4-9-16-17)6-3-8-14(15)18-13;/h1-5,7-10H;/q-1;. The molecule has 0 saturated heterocycles. The van der Waals surface area contributed by atoms with E-state index in [0.717, 1.165) is 5.69 Å². The molecule has 0 bridgehead atoms. The van der Waals surface area contributed by atoms with Crippen molar-refractivity contribution in [3.8, 4) is 5.69 Å². The van der Waals surface area contributed by atoms with Crippen molar-refractivity contribution in [2.45, 2.75) is 0 Å². The minimum Gasteiger partial charge on any atom is -0.265 e. The molecule has 0 aliphatic carbocycles. The van der Waals surface area contributed by atoms with Gasteiger partial charge in [-0.15, -0.1) is 0 Å². The summed E-state index contributed by atoms with van der Waals surface area (Å²) in [7, 11) is 0. The van der Waals surface area contributed by atoms with Crippen molar-refractivity contribution in [3.63, 3.8) is 0 Å². The molecule has 4 rings (SSSR count). The van der Waals surface area contributed by atoms with Crippen molar-refractivity contribution in [3.05, 3.63) is 60.9 Å². The molecule has 4 aromatic rings. The molecular weight excluding hydrogens is 432 g/mol. The fraction of sp³-hybridized carbons (Fsp3) is 0. The van der Waals surface area contributed by atoms with Gasteiger partial charge >= 0.3 is 0 Å². The predicted octanol–water partition coefficient (Wildman–Crippen LogP) is 4.04. The monoisotopic (exact) mass is 442 g/mol. The topological polar surface area (TPSA) is 17.8 Å². The molecule has 0 N–H and O–H groups in total. The predicted molar refractivity (Wildman–Crippen MR) is 75.3 cm³/mol. The normalized spacial score (nSPS) is 10.7. The van der Waals surface area contributed by atoms with Crippen LogP contribution < -0.4 is 0 Å². The van der Waals surface area contributed by atoms with Crippen LogP contribution in [0.1, 0.15) is 0 Å². The molecule has 19 heavy (non-hydrogen) atoms. The van der Waals surface area contributed by atoms with Crippen LogP contribution in [0.25, 0.3) is 25.9 Å². The summed E-state index contributed by atoms with van der Waals surface area (Å²) >= 11 is 1.81. The number of thiophene rings is 1. The second-order valence-electron chi connectivity index (χ2n) is 4.11. The smallest absolute Gasteiger partial charge is 0.0493 e. The van der Waals surface area contributed by atoms with Crippen LogP contribution in [0.3, 0.4) is 0 Å². The second-order valence-corrected chi connectivity index (χ2v) is 5.20. The number of hydrogen-bond acceptors (Lipinski definition) is 2. The SMILES string of the molecule is [Ir].[c-]1ccc2sc3ccccc3c2c1-n1cccn1. The average molecular weight is 442 g/mol. The minimum atomic E-state index is 0. The van der Waals surface area contributed by atoms with E-state index in [-0.39, 0.29) is 20.1 Å². The molecule has 0 unspecified atom stereocenters. The van der Waals surface area contributed by atoms with Crippen molar-refractivity contribution >= 4 is 31.5 Å². The number of aromatic nitrogens is 2. The van der Waals surface area contributed by atoms with Gasteiger partial charge in [0, 0.05) is 37.2 Å². The first-order valence-electron chi connectivity index (χ1n) is 5.75. The third-order valence-electron chi connectivity index (χ3n) is 3.05. The van der Waals surface area contributed by atoms with Crippen LogP contribution in [-0.4, -0.2) is 9.78 Å². The quantitative estimate of drug-likeness (QED) is 0.408. The zero-order valence-corrected chi connectivity index (χ0v) is 13.0. The fourth-order valence-corrected chi connectivity index (χ4v) is 3.38. The van der Waals surface area contributed by atoms with E-state index < -0.39 is 0 Å². The summed E-state index contributed by atoms with van der Waals surface area (Å²) < 4.78 is 4.46. The van der Waals surface area contributed by atoms with Gasteiger partial charge in [0.1, 0.15) is 0 Å². The Morgan fingerprint density at radius 2 is 1.95 bits per heavy atom. The van der Waals surface area contributed by atoms with E-state index in [0.29, 0.717) is 0 Å². The van der Waals surface area contributed by atoms with Gasteiger partial charge in [0.15, 0.2) is 0 Å². The van der Waals surface area contributed by atoms with Gasteiger partial charge in [-0.2, -0.15) is 34.6 Å². The Morgan fingerprint density at radius 1 is 1.05 bits per heavy atom. The first-order valence-corrected chi connectivity index (χ1v) is 6.57. The van der Waals surface area contributed by atoms with E-state index in [2.05, 4.69) is 41.5 Å². The van der Waals surface area contributed by atoms with Crippen LogP contribution >= 0.6 is 11.3 Å². The van der Waals surface area contributed by atoms with Gasteiger partial charge in [0.05, 0.1) is 0 Å². The van der Waals surface area contributed by atoms with E-state index in [9.17, 15) is 0 Å². The molecule has 0 saturated carbocycles. The van der Waals surface area contributed by atoms with Crippen molar-refractivity contribution in [1.29, 1.82) is 0 Å². The van der Waals surface area contributed by atoms with Crippen molar-refractivity contribution < 1.29 is 20.1 Å². The molecule has 0 spiro atoms. The molecule has 0 aliphatic heterocycles. The summed E-state index contributed by atoms with van der Waals surface area (Å²) in [4.78, 5) is 0. The van der Waals surface area contributed by atoms with Gasteiger partial charge in [-0.1, -0.05) is 33.7 Å². The van der Waals surface area contributed by atoms with E-state index in [1.165, 1.54) is 20.2 Å². The molecule has 95 valence electrons. The third-order valence-corrected chi connectivity index (χ3v) is 4.18. The minimum absolute atomic E-state index is 0. The zero-order valence-electron chi connectivity index (χ0n) is 9.83. The third kappa shape index (κ3) is 1.93. The molecule has 0 aliphatic rings. The van der Waals surface area contributed by atoms with Crippen LogP contribution in [0.2, 0.25) is 0 Å². The summed E-state index contributed by atoms with van der Waals surface area (Å²) in [6, 6.07) is 17.8. The summed E-state index contributed by atoms with van der Waals surface area (Å²) in [5.41, 5.74) is 1.02. The Morgan fingerprint density at radius 3 is 2.79 bits per heavy atom. The molecule has 1 radical (unpaired) electrons. The molecule has 2 aromatic carbocycles. The van der Waals surface area contributed by atoms with Crippen LogP contribution in [0.5, 0.6) is 0 Å². The van der Waals surface area contributed by atoms with E-state index >= 15 is 0 Å². The molecule has 4 heteroatoms. The molecule has 2 aromatic heterocycles. The number of hydrogen-bond donors (Lipinski definition) is 0. The number of benzene rings is 2. The van der Waals surface area contributed by atoms with Crippen LogP contribution in [-0.2, 0) is 20.1 Å².